The lowest BCUT2D eigenvalue weighted by molar-refractivity contribution is -0.895. The third-order valence-electron chi connectivity index (χ3n) is 5.43. The number of benzene rings is 1. The predicted molar refractivity (Wildman–Crippen MR) is 116 cm³/mol. The molecular weight excluding hydrogens is 382 g/mol. The fourth-order valence-corrected chi connectivity index (χ4v) is 5.27. The van der Waals surface area contributed by atoms with Crippen molar-refractivity contribution in [3.05, 3.63) is 40.5 Å². The van der Waals surface area contributed by atoms with Crippen LogP contribution in [0.4, 0.5) is 0 Å². The number of likely N-dealkylation sites (N-methyl/N-ethyl adjacent to an activating group) is 1. The van der Waals surface area contributed by atoms with Gasteiger partial charge in [-0.2, -0.15) is 4.52 Å². The van der Waals surface area contributed by atoms with Gasteiger partial charge in [-0.3, -0.25) is 0 Å². The number of ether oxygens (including phenoxy) is 1. The van der Waals surface area contributed by atoms with E-state index in [9.17, 15) is 0 Å². The molecule has 0 aliphatic carbocycles. The summed E-state index contributed by atoms with van der Waals surface area (Å²) in [5.41, 5.74) is 3.34. The van der Waals surface area contributed by atoms with Crippen LogP contribution in [0.5, 0.6) is 5.75 Å². The van der Waals surface area contributed by atoms with Gasteiger partial charge in [0.1, 0.15) is 22.9 Å². The fourth-order valence-electron chi connectivity index (χ4n) is 3.89. The zero-order chi connectivity index (χ0) is 20.1. The molecule has 1 aliphatic heterocycles. The first-order valence-electron chi connectivity index (χ1n) is 10.2. The van der Waals surface area contributed by atoms with Gasteiger partial charge >= 0.3 is 0 Å². The van der Waals surface area contributed by atoms with Crippen molar-refractivity contribution < 1.29 is 9.64 Å². The highest BCUT2D eigenvalue weighted by molar-refractivity contribution is 7.19. The summed E-state index contributed by atoms with van der Waals surface area (Å²) in [6, 6.07) is 8.06. The quantitative estimate of drug-likeness (QED) is 0.564. The van der Waals surface area contributed by atoms with E-state index in [4.69, 9.17) is 19.8 Å². The SMILES string of the molecule is Cc1nc2sc3c(c2c2nc(-c4ccc(OCC(C)C)cc4)nn12)CC[NH+](C)C3. The minimum absolute atomic E-state index is 0.505. The second kappa shape index (κ2) is 7.07. The zero-order valence-corrected chi connectivity index (χ0v) is 18.1. The van der Waals surface area contributed by atoms with Gasteiger partial charge in [0.15, 0.2) is 11.5 Å². The van der Waals surface area contributed by atoms with Crippen molar-refractivity contribution in [2.75, 3.05) is 20.2 Å². The first-order chi connectivity index (χ1) is 14.0. The fraction of sp³-hybridized carbons (Fsp3) is 0.409. The minimum Gasteiger partial charge on any atom is -0.493 e. The van der Waals surface area contributed by atoms with Gasteiger partial charge < -0.3 is 9.64 Å². The van der Waals surface area contributed by atoms with Crippen LogP contribution >= 0.6 is 11.3 Å². The van der Waals surface area contributed by atoms with Crippen molar-refractivity contribution in [1.82, 2.24) is 19.6 Å². The van der Waals surface area contributed by atoms with Crippen molar-refractivity contribution in [3.8, 4) is 17.1 Å². The molecule has 1 unspecified atom stereocenters. The lowest BCUT2D eigenvalue weighted by Crippen LogP contribution is -3.08. The Balaban J connectivity index is 1.58. The van der Waals surface area contributed by atoms with Crippen LogP contribution in [-0.2, 0) is 13.0 Å². The number of aromatic nitrogens is 4. The summed E-state index contributed by atoms with van der Waals surface area (Å²) in [6.07, 6.45) is 1.08. The summed E-state index contributed by atoms with van der Waals surface area (Å²) >= 11 is 1.82. The van der Waals surface area contributed by atoms with E-state index in [0.29, 0.717) is 5.92 Å². The molecule has 1 aliphatic rings. The molecule has 0 bridgehead atoms. The Labute approximate surface area is 174 Å². The summed E-state index contributed by atoms with van der Waals surface area (Å²) in [5.74, 6) is 2.99. The highest BCUT2D eigenvalue weighted by Crippen LogP contribution is 2.34. The van der Waals surface area contributed by atoms with Crippen LogP contribution in [0.1, 0.15) is 30.1 Å². The van der Waals surface area contributed by atoms with E-state index in [0.717, 1.165) is 59.6 Å². The zero-order valence-electron chi connectivity index (χ0n) is 17.3. The number of quaternary nitrogens is 1. The first-order valence-corrected chi connectivity index (χ1v) is 11.0. The Morgan fingerprint density at radius 3 is 2.76 bits per heavy atom. The van der Waals surface area contributed by atoms with E-state index < -0.39 is 0 Å². The second-order valence-electron chi connectivity index (χ2n) is 8.38. The molecular formula is C22H26N5OS+. The molecule has 4 aromatic rings. The molecule has 29 heavy (non-hydrogen) atoms. The van der Waals surface area contributed by atoms with E-state index >= 15 is 0 Å². The Morgan fingerprint density at radius 2 is 2.00 bits per heavy atom. The number of hydrogen-bond donors (Lipinski definition) is 1. The van der Waals surface area contributed by atoms with Crippen molar-refractivity contribution in [2.24, 2.45) is 5.92 Å². The van der Waals surface area contributed by atoms with Gasteiger partial charge in [0, 0.05) is 12.0 Å². The lowest BCUT2D eigenvalue weighted by Gasteiger charge is -2.19. The van der Waals surface area contributed by atoms with E-state index in [2.05, 4.69) is 20.9 Å². The molecule has 1 atom stereocenters. The molecule has 6 nitrogen and oxygen atoms in total. The van der Waals surface area contributed by atoms with E-state index in [1.54, 1.807) is 4.90 Å². The molecule has 7 heteroatoms. The van der Waals surface area contributed by atoms with Crippen LogP contribution in [0.25, 0.3) is 27.3 Å². The highest BCUT2D eigenvalue weighted by Gasteiger charge is 2.25. The van der Waals surface area contributed by atoms with Crippen LogP contribution in [0.15, 0.2) is 24.3 Å². The maximum atomic E-state index is 5.80. The largest absolute Gasteiger partial charge is 0.493 e. The van der Waals surface area contributed by atoms with Crippen LogP contribution in [0, 0.1) is 12.8 Å². The number of nitrogens with zero attached hydrogens (tertiary/aromatic N) is 4. The van der Waals surface area contributed by atoms with Crippen LogP contribution < -0.4 is 9.64 Å². The van der Waals surface area contributed by atoms with Crippen molar-refractivity contribution in [3.63, 3.8) is 0 Å². The van der Waals surface area contributed by atoms with Gasteiger partial charge in [-0.25, -0.2) is 9.97 Å². The van der Waals surface area contributed by atoms with Gasteiger partial charge in [-0.15, -0.1) is 16.4 Å². The number of rotatable bonds is 4. The predicted octanol–water partition coefficient (Wildman–Crippen LogP) is 2.92. The Bertz CT molecular complexity index is 1190. The third-order valence-corrected chi connectivity index (χ3v) is 6.56. The standard InChI is InChI=1S/C22H25N5OS/c1-13(2)12-28-16-7-5-15(6-8-16)20-24-21-19-17-9-10-26(4)11-18(17)29-22(19)23-14(3)27(21)25-20/h5-8,13H,9-12H2,1-4H3/p+1. The maximum absolute atomic E-state index is 5.80. The van der Waals surface area contributed by atoms with E-state index in [-0.39, 0.29) is 0 Å². The summed E-state index contributed by atoms with van der Waals surface area (Å²) in [4.78, 5) is 13.9. The summed E-state index contributed by atoms with van der Waals surface area (Å²) in [6.45, 7) is 9.24. The Morgan fingerprint density at radius 1 is 1.21 bits per heavy atom. The average Bonchev–Trinajstić information content (AvgIpc) is 3.28. The van der Waals surface area contributed by atoms with Crippen LogP contribution in [-0.4, -0.2) is 39.8 Å². The Hall–Kier alpha value is -2.51. The summed E-state index contributed by atoms with van der Waals surface area (Å²) < 4.78 is 7.70. The Kier molecular flexibility index (Phi) is 4.52. The number of hydrogen-bond acceptors (Lipinski definition) is 5. The van der Waals surface area contributed by atoms with Gasteiger partial charge in [-0.05, 0) is 42.7 Å². The molecule has 0 saturated carbocycles. The van der Waals surface area contributed by atoms with Crippen LogP contribution in [0.2, 0.25) is 0 Å². The second-order valence-corrected chi connectivity index (χ2v) is 9.46. The van der Waals surface area contributed by atoms with Gasteiger partial charge in [0.05, 0.1) is 30.5 Å². The first kappa shape index (κ1) is 18.5. The van der Waals surface area contributed by atoms with Gasteiger partial charge in [0.25, 0.3) is 0 Å². The number of nitrogens with one attached hydrogen (secondary N) is 1. The lowest BCUT2D eigenvalue weighted by atomic mass is 10.1. The minimum atomic E-state index is 0.505. The normalized spacial score (nSPS) is 16.7. The van der Waals surface area contributed by atoms with Crippen molar-refractivity contribution >= 4 is 27.2 Å². The van der Waals surface area contributed by atoms with Crippen LogP contribution in [0.3, 0.4) is 0 Å². The number of thiophene rings is 1. The molecule has 0 fully saturated rings. The van der Waals surface area contributed by atoms with Gasteiger partial charge in [-0.1, -0.05) is 13.8 Å². The third kappa shape index (κ3) is 3.28. The number of fused-ring (bicyclic) bond motifs is 5. The van der Waals surface area contributed by atoms with Crippen molar-refractivity contribution in [2.45, 2.75) is 33.7 Å². The molecule has 5 rings (SSSR count). The van der Waals surface area contributed by atoms with E-state index in [1.165, 1.54) is 15.8 Å². The molecule has 0 spiro atoms. The maximum Gasteiger partial charge on any atom is 0.182 e. The molecule has 0 amide bonds. The summed E-state index contributed by atoms with van der Waals surface area (Å²) in [5, 5.41) is 5.97. The monoisotopic (exact) mass is 408 g/mol. The molecule has 150 valence electrons. The topological polar surface area (TPSA) is 56.8 Å². The van der Waals surface area contributed by atoms with Crippen molar-refractivity contribution in [1.29, 1.82) is 0 Å². The molecule has 0 saturated heterocycles. The van der Waals surface area contributed by atoms with Gasteiger partial charge in [0.2, 0.25) is 0 Å². The average molecular weight is 409 g/mol. The highest BCUT2D eigenvalue weighted by atomic mass is 32.1. The summed E-state index contributed by atoms with van der Waals surface area (Å²) in [7, 11) is 2.26. The van der Waals surface area contributed by atoms with E-state index in [1.807, 2.05) is 47.0 Å². The molecule has 1 N–H and O–H groups in total. The molecule has 3 aromatic heterocycles. The molecule has 0 radical (unpaired) electrons. The molecule has 1 aromatic carbocycles. The number of aryl methyl sites for hydroxylation is 1. The smallest absolute Gasteiger partial charge is 0.182 e. The molecule has 4 heterocycles.